The average Bonchev–Trinajstić information content (AvgIpc) is 2.48. The molecule has 3 N–H and O–H groups in total. The van der Waals surface area contributed by atoms with Crippen LogP contribution < -0.4 is 11.1 Å². The Kier molecular flexibility index (Phi) is 6.18. The number of hydrogen-bond acceptors (Lipinski definition) is 3. The Bertz CT molecular complexity index is 444. The molecule has 0 aromatic heterocycles. The third-order valence-electron chi connectivity index (χ3n) is 3.25. The summed E-state index contributed by atoms with van der Waals surface area (Å²) in [6.07, 6.45) is 0. The first-order chi connectivity index (χ1) is 9.51. The highest BCUT2D eigenvalue weighted by molar-refractivity contribution is 5.90. The monoisotopic (exact) mass is 277 g/mol. The standard InChI is InChI=1S/C15H23N3O2/c1-4-18(5-2)15(20)11(3)17-14(19)13(16)12-9-7-6-8-10-12/h6-11,13H,4-5,16H2,1-3H3,(H,17,19)/t11?,13-/m0/s1. The minimum Gasteiger partial charge on any atom is -0.343 e. The third kappa shape index (κ3) is 4.06. The lowest BCUT2D eigenvalue weighted by Crippen LogP contribution is -2.49. The Hall–Kier alpha value is -1.88. The molecule has 0 saturated carbocycles. The second-order valence-corrected chi connectivity index (χ2v) is 4.63. The molecule has 0 spiro atoms. The van der Waals surface area contributed by atoms with Crippen molar-refractivity contribution in [2.24, 2.45) is 5.73 Å². The molecule has 0 bridgehead atoms. The first-order valence-corrected chi connectivity index (χ1v) is 6.90. The van der Waals surface area contributed by atoms with Gasteiger partial charge in [-0.2, -0.15) is 0 Å². The van der Waals surface area contributed by atoms with E-state index in [0.29, 0.717) is 13.1 Å². The Labute approximate surface area is 120 Å². The van der Waals surface area contributed by atoms with Crippen LogP contribution in [-0.2, 0) is 9.59 Å². The Morgan fingerprint density at radius 2 is 1.75 bits per heavy atom. The fourth-order valence-corrected chi connectivity index (χ4v) is 1.99. The first-order valence-electron chi connectivity index (χ1n) is 6.90. The Balaban J connectivity index is 2.64. The van der Waals surface area contributed by atoms with Gasteiger partial charge in [0.05, 0.1) is 0 Å². The fourth-order valence-electron chi connectivity index (χ4n) is 1.99. The van der Waals surface area contributed by atoms with Crippen LogP contribution in [0.3, 0.4) is 0 Å². The lowest BCUT2D eigenvalue weighted by Gasteiger charge is -2.24. The molecule has 5 heteroatoms. The van der Waals surface area contributed by atoms with Crippen molar-refractivity contribution in [1.29, 1.82) is 0 Å². The molecule has 0 aliphatic rings. The van der Waals surface area contributed by atoms with Crippen LogP contribution in [-0.4, -0.2) is 35.8 Å². The molecule has 1 rings (SSSR count). The number of carbonyl (C=O) groups is 2. The fraction of sp³-hybridized carbons (Fsp3) is 0.467. The summed E-state index contributed by atoms with van der Waals surface area (Å²) in [5, 5.41) is 2.67. The molecular weight excluding hydrogens is 254 g/mol. The maximum Gasteiger partial charge on any atom is 0.244 e. The third-order valence-corrected chi connectivity index (χ3v) is 3.25. The summed E-state index contributed by atoms with van der Waals surface area (Å²) in [6.45, 7) is 6.74. The van der Waals surface area contributed by atoms with Crippen LogP contribution >= 0.6 is 0 Å². The molecule has 0 aliphatic carbocycles. The van der Waals surface area contributed by atoms with Crippen LogP contribution in [0.4, 0.5) is 0 Å². The number of nitrogens with two attached hydrogens (primary N) is 1. The largest absolute Gasteiger partial charge is 0.343 e. The summed E-state index contributed by atoms with van der Waals surface area (Å²) in [6, 6.07) is 7.77. The van der Waals surface area contributed by atoms with Crippen molar-refractivity contribution < 1.29 is 9.59 Å². The average molecular weight is 277 g/mol. The summed E-state index contributed by atoms with van der Waals surface area (Å²) >= 11 is 0. The highest BCUT2D eigenvalue weighted by atomic mass is 16.2. The molecule has 5 nitrogen and oxygen atoms in total. The molecule has 0 heterocycles. The second-order valence-electron chi connectivity index (χ2n) is 4.63. The van der Waals surface area contributed by atoms with E-state index in [4.69, 9.17) is 5.73 Å². The summed E-state index contributed by atoms with van der Waals surface area (Å²) < 4.78 is 0. The molecule has 2 amide bonds. The van der Waals surface area contributed by atoms with Gasteiger partial charge in [0.15, 0.2) is 0 Å². The van der Waals surface area contributed by atoms with E-state index >= 15 is 0 Å². The number of nitrogens with one attached hydrogen (secondary N) is 1. The van der Waals surface area contributed by atoms with E-state index in [0.717, 1.165) is 5.56 Å². The van der Waals surface area contributed by atoms with E-state index in [1.807, 2.05) is 32.0 Å². The number of rotatable bonds is 6. The van der Waals surface area contributed by atoms with E-state index in [2.05, 4.69) is 5.32 Å². The number of carbonyl (C=O) groups excluding carboxylic acids is 2. The molecule has 2 atom stereocenters. The molecule has 0 aliphatic heterocycles. The smallest absolute Gasteiger partial charge is 0.244 e. The zero-order chi connectivity index (χ0) is 15.1. The van der Waals surface area contributed by atoms with E-state index < -0.39 is 12.1 Å². The second kappa shape index (κ2) is 7.65. The molecule has 0 radical (unpaired) electrons. The van der Waals surface area contributed by atoms with Crippen LogP contribution in [0, 0.1) is 0 Å². The van der Waals surface area contributed by atoms with Crippen LogP contribution in [0.5, 0.6) is 0 Å². The minimum absolute atomic E-state index is 0.0939. The molecule has 0 fully saturated rings. The van der Waals surface area contributed by atoms with Crippen LogP contribution in [0.25, 0.3) is 0 Å². The van der Waals surface area contributed by atoms with Crippen molar-refractivity contribution in [1.82, 2.24) is 10.2 Å². The molecular formula is C15H23N3O2. The number of benzene rings is 1. The number of amides is 2. The van der Waals surface area contributed by atoms with Gasteiger partial charge < -0.3 is 16.0 Å². The van der Waals surface area contributed by atoms with Crippen LogP contribution in [0.2, 0.25) is 0 Å². The van der Waals surface area contributed by atoms with Gasteiger partial charge >= 0.3 is 0 Å². The normalized spacial score (nSPS) is 13.4. The zero-order valence-electron chi connectivity index (χ0n) is 12.3. The van der Waals surface area contributed by atoms with E-state index in [-0.39, 0.29) is 11.8 Å². The molecule has 1 aromatic carbocycles. The number of likely N-dealkylation sites (N-methyl/N-ethyl adjacent to an activating group) is 1. The van der Waals surface area contributed by atoms with Gasteiger partial charge in [-0.15, -0.1) is 0 Å². The Morgan fingerprint density at radius 1 is 1.20 bits per heavy atom. The topological polar surface area (TPSA) is 75.4 Å². The van der Waals surface area contributed by atoms with E-state index in [1.54, 1.807) is 24.0 Å². The van der Waals surface area contributed by atoms with Crippen molar-refractivity contribution in [3.05, 3.63) is 35.9 Å². The van der Waals surface area contributed by atoms with E-state index in [9.17, 15) is 9.59 Å². The lowest BCUT2D eigenvalue weighted by molar-refractivity contribution is -0.136. The Morgan fingerprint density at radius 3 is 2.25 bits per heavy atom. The highest BCUT2D eigenvalue weighted by Crippen LogP contribution is 2.09. The van der Waals surface area contributed by atoms with Crippen molar-refractivity contribution in [2.75, 3.05) is 13.1 Å². The van der Waals surface area contributed by atoms with Crippen molar-refractivity contribution in [2.45, 2.75) is 32.9 Å². The predicted octanol–water partition coefficient (Wildman–Crippen LogP) is 1.06. The molecule has 110 valence electrons. The molecule has 20 heavy (non-hydrogen) atoms. The van der Waals surface area contributed by atoms with Crippen molar-refractivity contribution in [3.63, 3.8) is 0 Å². The van der Waals surface area contributed by atoms with E-state index in [1.165, 1.54) is 0 Å². The minimum atomic E-state index is -0.761. The quantitative estimate of drug-likeness (QED) is 0.816. The predicted molar refractivity (Wildman–Crippen MR) is 78.9 cm³/mol. The summed E-state index contributed by atoms with van der Waals surface area (Å²) in [7, 11) is 0. The zero-order valence-corrected chi connectivity index (χ0v) is 12.3. The summed E-state index contributed by atoms with van der Waals surface area (Å²) in [5.41, 5.74) is 6.62. The van der Waals surface area contributed by atoms with Crippen LogP contribution in [0.1, 0.15) is 32.4 Å². The SMILES string of the molecule is CCN(CC)C(=O)C(C)NC(=O)[C@@H](N)c1ccccc1. The van der Waals surface area contributed by atoms with Gasteiger partial charge in [-0.25, -0.2) is 0 Å². The van der Waals surface area contributed by atoms with Gasteiger partial charge in [0.1, 0.15) is 12.1 Å². The summed E-state index contributed by atoms with van der Waals surface area (Å²) in [5.74, 6) is -0.437. The number of nitrogens with zero attached hydrogens (tertiary/aromatic N) is 1. The maximum absolute atomic E-state index is 12.1. The van der Waals surface area contributed by atoms with Gasteiger partial charge in [-0.3, -0.25) is 9.59 Å². The molecule has 1 unspecified atom stereocenters. The maximum atomic E-state index is 12.1. The van der Waals surface area contributed by atoms with Crippen LogP contribution in [0.15, 0.2) is 30.3 Å². The van der Waals surface area contributed by atoms with Gasteiger partial charge in [0.25, 0.3) is 0 Å². The van der Waals surface area contributed by atoms with Gasteiger partial charge in [-0.1, -0.05) is 30.3 Å². The van der Waals surface area contributed by atoms with Gasteiger partial charge in [0, 0.05) is 13.1 Å². The van der Waals surface area contributed by atoms with Crippen molar-refractivity contribution >= 4 is 11.8 Å². The lowest BCUT2D eigenvalue weighted by atomic mass is 10.1. The first kappa shape index (κ1) is 16.2. The highest BCUT2D eigenvalue weighted by Gasteiger charge is 2.23. The van der Waals surface area contributed by atoms with Crippen molar-refractivity contribution in [3.8, 4) is 0 Å². The molecule has 0 saturated heterocycles. The molecule has 1 aromatic rings. The van der Waals surface area contributed by atoms with Gasteiger partial charge in [0.2, 0.25) is 11.8 Å². The summed E-state index contributed by atoms with van der Waals surface area (Å²) in [4.78, 5) is 25.8. The van der Waals surface area contributed by atoms with Gasteiger partial charge in [-0.05, 0) is 26.3 Å². The number of hydrogen-bond donors (Lipinski definition) is 2.